The molecule has 0 radical (unpaired) electrons. The van der Waals surface area contributed by atoms with Crippen LogP contribution in [0.2, 0.25) is 0 Å². The van der Waals surface area contributed by atoms with Crippen molar-refractivity contribution >= 4 is 0 Å². The van der Waals surface area contributed by atoms with E-state index in [9.17, 15) is 0 Å². The molecule has 0 unspecified atom stereocenters. The van der Waals surface area contributed by atoms with Crippen LogP contribution < -0.4 is 0 Å². The Morgan fingerprint density at radius 1 is 1.06 bits per heavy atom. The molecule has 0 saturated heterocycles. The highest BCUT2D eigenvalue weighted by atomic mass is 16.4. The minimum absolute atomic E-state index is 0.732. The zero-order chi connectivity index (χ0) is 11.9. The highest BCUT2D eigenvalue weighted by molar-refractivity contribution is 5.52. The smallest absolute Gasteiger partial charge is 0.226 e. The Hall–Kier alpha value is -1.57. The van der Waals surface area contributed by atoms with Gasteiger partial charge in [-0.1, -0.05) is 44.4 Å². The van der Waals surface area contributed by atoms with E-state index >= 15 is 0 Å². The maximum absolute atomic E-state index is 5.74. The lowest BCUT2D eigenvalue weighted by atomic mass is 10.1. The summed E-state index contributed by atoms with van der Waals surface area (Å²) in [7, 11) is 0. The summed E-state index contributed by atoms with van der Waals surface area (Å²) < 4.78 is 5.74. The quantitative estimate of drug-likeness (QED) is 0.683. The molecule has 0 spiro atoms. The SMILES string of the molecule is CCCCCCc1cnc(-c2ccccc2)o1. The molecule has 90 valence electrons. The first-order chi connectivity index (χ1) is 8.40. The van der Waals surface area contributed by atoms with E-state index in [-0.39, 0.29) is 0 Å². The molecule has 17 heavy (non-hydrogen) atoms. The standard InChI is InChI=1S/C15H19NO/c1-2-3-4-8-11-14-12-16-15(17-14)13-9-6-5-7-10-13/h5-7,9-10,12H,2-4,8,11H2,1H3. The van der Waals surface area contributed by atoms with Crippen molar-refractivity contribution in [3.05, 3.63) is 42.3 Å². The number of benzene rings is 1. The van der Waals surface area contributed by atoms with Crippen molar-refractivity contribution < 1.29 is 4.42 Å². The van der Waals surface area contributed by atoms with Crippen LogP contribution in [0, 0.1) is 0 Å². The lowest BCUT2D eigenvalue weighted by Crippen LogP contribution is -1.82. The molecule has 0 aliphatic rings. The first kappa shape index (κ1) is 11.9. The number of hydrogen-bond acceptors (Lipinski definition) is 2. The van der Waals surface area contributed by atoms with Crippen molar-refractivity contribution in [3.63, 3.8) is 0 Å². The minimum atomic E-state index is 0.732. The van der Waals surface area contributed by atoms with Gasteiger partial charge < -0.3 is 4.42 Å². The van der Waals surface area contributed by atoms with Gasteiger partial charge in [-0.2, -0.15) is 0 Å². The second kappa shape index (κ2) is 6.24. The molecular weight excluding hydrogens is 210 g/mol. The fraction of sp³-hybridized carbons (Fsp3) is 0.400. The zero-order valence-corrected chi connectivity index (χ0v) is 10.4. The molecular formula is C15H19NO. The number of unbranched alkanes of at least 4 members (excludes halogenated alkanes) is 3. The van der Waals surface area contributed by atoms with Gasteiger partial charge in [-0.3, -0.25) is 0 Å². The van der Waals surface area contributed by atoms with Crippen LogP contribution in [0.1, 0.15) is 38.4 Å². The summed E-state index contributed by atoms with van der Waals surface area (Å²) in [6.45, 7) is 2.22. The number of nitrogens with zero attached hydrogens (tertiary/aromatic N) is 1. The number of hydrogen-bond donors (Lipinski definition) is 0. The van der Waals surface area contributed by atoms with Crippen LogP contribution in [0.4, 0.5) is 0 Å². The lowest BCUT2D eigenvalue weighted by Gasteiger charge is -1.96. The summed E-state index contributed by atoms with van der Waals surface area (Å²) >= 11 is 0. The van der Waals surface area contributed by atoms with Crippen LogP contribution in [0.25, 0.3) is 11.5 Å². The van der Waals surface area contributed by atoms with Gasteiger partial charge in [-0.25, -0.2) is 4.98 Å². The fourth-order valence-corrected chi connectivity index (χ4v) is 1.86. The van der Waals surface area contributed by atoms with Gasteiger partial charge in [0.1, 0.15) is 5.76 Å². The molecule has 0 N–H and O–H groups in total. The molecule has 1 heterocycles. The van der Waals surface area contributed by atoms with Crippen molar-refractivity contribution in [3.8, 4) is 11.5 Å². The largest absolute Gasteiger partial charge is 0.441 e. The summed E-state index contributed by atoms with van der Waals surface area (Å²) in [5.74, 6) is 1.73. The molecule has 0 bridgehead atoms. The molecule has 0 fully saturated rings. The zero-order valence-electron chi connectivity index (χ0n) is 10.4. The summed E-state index contributed by atoms with van der Waals surface area (Å²) in [4.78, 5) is 4.32. The van der Waals surface area contributed by atoms with Gasteiger partial charge >= 0.3 is 0 Å². The van der Waals surface area contributed by atoms with Gasteiger partial charge in [0, 0.05) is 12.0 Å². The van der Waals surface area contributed by atoms with Crippen LogP contribution in [-0.4, -0.2) is 4.98 Å². The first-order valence-corrected chi connectivity index (χ1v) is 6.40. The van der Waals surface area contributed by atoms with Gasteiger partial charge in [0.25, 0.3) is 0 Å². The van der Waals surface area contributed by atoms with Crippen molar-refractivity contribution in [2.45, 2.75) is 39.0 Å². The Bertz CT molecular complexity index is 433. The molecule has 1 aromatic heterocycles. The molecule has 1 aromatic carbocycles. The Kier molecular flexibility index (Phi) is 4.37. The average Bonchev–Trinajstić information content (AvgIpc) is 2.85. The van der Waals surface area contributed by atoms with E-state index in [2.05, 4.69) is 11.9 Å². The summed E-state index contributed by atoms with van der Waals surface area (Å²) in [5, 5.41) is 0. The van der Waals surface area contributed by atoms with E-state index in [0.29, 0.717) is 0 Å². The summed E-state index contributed by atoms with van der Waals surface area (Å²) in [5.41, 5.74) is 1.05. The first-order valence-electron chi connectivity index (χ1n) is 6.40. The van der Waals surface area contributed by atoms with Gasteiger partial charge in [-0.15, -0.1) is 0 Å². The second-order valence-corrected chi connectivity index (χ2v) is 4.31. The monoisotopic (exact) mass is 229 g/mol. The third-order valence-corrected chi connectivity index (χ3v) is 2.85. The Labute approximate surface area is 103 Å². The molecule has 2 nitrogen and oxygen atoms in total. The number of oxazole rings is 1. The molecule has 2 aromatic rings. The average molecular weight is 229 g/mol. The van der Waals surface area contributed by atoms with Crippen LogP contribution in [0.5, 0.6) is 0 Å². The van der Waals surface area contributed by atoms with Crippen LogP contribution in [0.3, 0.4) is 0 Å². The highest BCUT2D eigenvalue weighted by Gasteiger charge is 2.05. The Morgan fingerprint density at radius 3 is 2.65 bits per heavy atom. The normalized spacial score (nSPS) is 10.6. The van der Waals surface area contributed by atoms with E-state index in [1.54, 1.807) is 0 Å². The van der Waals surface area contributed by atoms with Gasteiger partial charge in [0.2, 0.25) is 5.89 Å². The molecule has 0 atom stereocenters. The molecule has 2 rings (SSSR count). The third kappa shape index (κ3) is 3.45. The highest BCUT2D eigenvalue weighted by Crippen LogP contribution is 2.19. The van der Waals surface area contributed by atoms with Crippen molar-refractivity contribution in [2.24, 2.45) is 0 Å². The van der Waals surface area contributed by atoms with E-state index in [1.807, 2.05) is 36.5 Å². The molecule has 0 aliphatic carbocycles. The number of aromatic nitrogens is 1. The van der Waals surface area contributed by atoms with Gasteiger partial charge in [0.15, 0.2) is 0 Å². The van der Waals surface area contributed by atoms with E-state index < -0.39 is 0 Å². The Morgan fingerprint density at radius 2 is 1.88 bits per heavy atom. The predicted octanol–water partition coefficient (Wildman–Crippen LogP) is 4.46. The number of aryl methyl sites for hydroxylation is 1. The Balaban J connectivity index is 1.92. The van der Waals surface area contributed by atoms with Crippen molar-refractivity contribution in [1.82, 2.24) is 4.98 Å². The van der Waals surface area contributed by atoms with Crippen LogP contribution >= 0.6 is 0 Å². The fourth-order valence-electron chi connectivity index (χ4n) is 1.86. The van der Waals surface area contributed by atoms with Gasteiger partial charge in [-0.05, 0) is 18.6 Å². The van der Waals surface area contributed by atoms with Crippen LogP contribution in [0.15, 0.2) is 40.9 Å². The minimum Gasteiger partial charge on any atom is -0.441 e. The van der Waals surface area contributed by atoms with Gasteiger partial charge in [0.05, 0.1) is 6.20 Å². The van der Waals surface area contributed by atoms with E-state index in [0.717, 1.165) is 23.6 Å². The maximum Gasteiger partial charge on any atom is 0.226 e. The summed E-state index contributed by atoms with van der Waals surface area (Å²) in [6, 6.07) is 10.0. The topological polar surface area (TPSA) is 26.0 Å². The third-order valence-electron chi connectivity index (χ3n) is 2.85. The molecule has 0 aliphatic heterocycles. The van der Waals surface area contributed by atoms with E-state index in [1.165, 1.54) is 25.7 Å². The predicted molar refractivity (Wildman–Crippen MR) is 69.8 cm³/mol. The molecule has 0 amide bonds. The molecule has 0 saturated carbocycles. The summed E-state index contributed by atoms with van der Waals surface area (Å²) in [6.07, 6.45) is 7.90. The molecule has 2 heteroatoms. The van der Waals surface area contributed by atoms with Crippen LogP contribution in [-0.2, 0) is 6.42 Å². The lowest BCUT2D eigenvalue weighted by molar-refractivity contribution is 0.502. The van der Waals surface area contributed by atoms with Crippen molar-refractivity contribution in [1.29, 1.82) is 0 Å². The van der Waals surface area contributed by atoms with E-state index in [4.69, 9.17) is 4.42 Å². The second-order valence-electron chi connectivity index (χ2n) is 4.31. The number of rotatable bonds is 6. The van der Waals surface area contributed by atoms with Crippen molar-refractivity contribution in [2.75, 3.05) is 0 Å². The maximum atomic E-state index is 5.74.